The molecule has 3 nitrogen and oxygen atoms in total. The lowest BCUT2D eigenvalue weighted by Gasteiger charge is -2.19. The normalized spacial score (nSPS) is 11.6. The van der Waals surface area contributed by atoms with Gasteiger partial charge in [0.25, 0.3) is 0 Å². The Labute approximate surface area is 136 Å². The monoisotopic (exact) mass is 317 g/mol. The van der Waals surface area contributed by atoms with Crippen molar-refractivity contribution in [2.75, 3.05) is 0 Å². The topological polar surface area (TPSA) is 50.2 Å². The van der Waals surface area contributed by atoms with E-state index in [1.165, 1.54) is 22.5 Å². The quantitative estimate of drug-likeness (QED) is 0.871. The number of hydrogen-bond donors (Lipinski definition) is 1. The van der Waals surface area contributed by atoms with Gasteiger partial charge in [-0.3, -0.25) is 0 Å². The Morgan fingerprint density at radius 1 is 1.23 bits per heavy atom. The molecule has 0 unspecified atom stereocenters. The van der Waals surface area contributed by atoms with Crippen LogP contribution in [-0.2, 0) is 18.3 Å². The van der Waals surface area contributed by atoms with E-state index >= 15 is 0 Å². The molecule has 0 saturated carbocycles. The second-order valence-corrected chi connectivity index (χ2v) is 7.65. The standard InChI is InChI=1S/C18H23NO2S/c1-5-6-14-16(17(20)21)22-15(19-14)11-12-7-9-13(10-8-12)18(2,3)4/h7-10H,5-6,11H2,1-4H3,(H,20,21). The van der Waals surface area contributed by atoms with Crippen molar-refractivity contribution < 1.29 is 9.90 Å². The Kier molecular flexibility index (Phi) is 5.01. The lowest BCUT2D eigenvalue weighted by Crippen LogP contribution is -2.10. The van der Waals surface area contributed by atoms with Gasteiger partial charge in [0.1, 0.15) is 4.88 Å². The van der Waals surface area contributed by atoms with Crippen molar-refractivity contribution in [3.05, 3.63) is 51.0 Å². The molecule has 0 fully saturated rings. The largest absolute Gasteiger partial charge is 0.477 e. The van der Waals surface area contributed by atoms with Crippen molar-refractivity contribution in [3.63, 3.8) is 0 Å². The van der Waals surface area contributed by atoms with Gasteiger partial charge in [-0.15, -0.1) is 11.3 Å². The summed E-state index contributed by atoms with van der Waals surface area (Å²) in [4.78, 5) is 16.2. The average molecular weight is 317 g/mol. The summed E-state index contributed by atoms with van der Waals surface area (Å²) < 4.78 is 0. The Bertz CT molecular complexity index is 651. The number of carboxylic acids is 1. The van der Waals surface area contributed by atoms with Gasteiger partial charge in [-0.05, 0) is 23.0 Å². The fourth-order valence-corrected chi connectivity index (χ4v) is 3.33. The molecule has 2 aromatic rings. The summed E-state index contributed by atoms with van der Waals surface area (Å²) in [5, 5.41) is 10.1. The summed E-state index contributed by atoms with van der Waals surface area (Å²) in [6.45, 7) is 8.62. The molecular weight excluding hydrogens is 294 g/mol. The fraction of sp³-hybridized carbons (Fsp3) is 0.444. The Hall–Kier alpha value is -1.68. The van der Waals surface area contributed by atoms with Gasteiger partial charge in [-0.2, -0.15) is 0 Å². The minimum atomic E-state index is -0.865. The summed E-state index contributed by atoms with van der Waals surface area (Å²) >= 11 is 1.30. The molecule has 0 saturated heterocycles. The first-order valence-electron chi connectivity index (χ1n) is 7.62. The zero-order valence-corrected chi connectivity index (χ0v) is 14.5. The van der Waals surface area contributed by atoms with Gasteiger partial charge in [-0.25, -0.2) is 9.78 Å². The van der Waals surface area contributed by atoms with Gasteiger partial charge in [0.2, 0.25) is 0 Å². The van der Waals surface area contributed by atoms with Crippen molar-refractivity contribution in [1.82, 2.24) is 4.98 Å². The third-order valence-electron chi connectivity index (χ3n) is 3.60. The van der Waals surface area contributed by atoms with Gasteiger partial charge >= 0.3 is 5.97 Å². The zero-order valence-electron chi connectivity index (χ0n) is 13.6. The number of rotatable bonds is 5. The van der Waals surface area contributed by atoms with Crippen LogP contribution in [0.25, 0.3) is 0 Å². The Morgan fingerprint density at radius 2 is 1.86 bits per heavy atom. The molecule has 1 N–H and O–H groups in total. The van der Waals surface area contributed by atoms with Gasteiger partial charge in [-0.1, -0.05) is 58.4 Å². The second-order valence-electron chi connectivity index (χ2n) is 6.56. The van der Waals surface area contributed by atoms with Crippen LogP contribution in [0, 0.1) is 0 Å². The van der Waals surface area contributed by atoms with Crippen LogP contribution < -0.4 is 0 Å². The molecule has 4 heteroatoms. The van der Waals surface area contributed by atoms with E-state index < -0.39 is 5.97 Å². The van der Waals surface area contributed by atoms with Crippen LogP contribution in [0.3, 0.4) is 0 Å². The highest BCUT2D eigenvalue weighted by molar-refractivity contribution is 7.13. The van der Waals surface area contributed by atoms with Crippen LogP contribution in [0.15, 0.2) is 24.3 Å². The molecule has 118 valence electrons. The van der Waals surface area contributed by atoms with E-state index in [9.17, 15) is 9.90 Å². The zero-order chi connectivity index (χ0) is 16.3. The van der Waals surface area contributed by atoms with Crippen LogP contribution >= 0.6 is 11.3 Å². The predicted molar refractivity (Wildman–Crippen MR) is 91.0 cm³/mol. The fourth-order valence-electron chi connectivity index (χ4n) is 2.35. The minimum Gasteiger partial charge on any atom is -0.477 e. The van der Waals surface area contributed by atoms with E-state index in [1.54, 1.807) is 0 Å². The third kappa shape index (κ3) is 3.95. The summed E-state index contributed by atoms with van der Waals surface area (Å²) in [6.07, 6.45) is 2.32. The lowest BCUT2D eigenvalue weighted by molar-refractivity contribution is 0.0700. The number of carboxylic acid groups (broad SMARTS) is 1. The summed E-state index contributed by atoms with van der Waals surface area (Å²) in [5.41, 5.74) is 3.33. The third-order valence-corrected chi connectivity index (χ3v) is 4.68. The molecule has 1 heterocycles. The van der Waals surface area contributed by atoms with Crippen LogP contribution in [0.1, 0.15) is 65.6 Å². The number of aromatic nitrogens is 1. The van der Waals surface area contributed by atoms with E-state index in [0.29, 0.717) is 11.3 Å². The van der Waals surface area contributed by atoms with Crippen LogP contribution in [0.4, 0.5) is 0 Å². The first-order chi connectivity index (χ1) is 10.3. The number of carbonyl (C=O) groups is 1. The molecule has 0 spiro atoms. The van der Waals surface area contributed by atoms with Crippen LogP contribution in [-0.4, -0.2) is 16.1 Å². The number of hydrogen-bond acceptors (Lipinski definition) is 3. The van der Waals surface area contributed by atoms with Crippen LogP contribution in [0.5, 0.6) is 0 Å². The van der Waals surface area contributed by atoms with Gasteiger partial charge in [0.05, 0.1) is 10.7 Å². The summed E-state index contributed by atoms with van der Waals surface area (Å²) in [5.74, 6) is -0.865. The molecule has 0 aliphatic rings. The smallest absolute Gasteiger partial charge is 0.347 e. The number of aromatic carboxylic acids is 1. The molecule has 1 aromatic heterocycles. The first kappa shape index (κ1) is 16.7. The van der Waals surface area contributed by atoms with Crippen molar-refractivity contribution >= 4 is 17.3 Å². The molecule has 1 aromatic carbocycles. The van der Waals surface area contributed by atoms with E-state index in [0.717, 1.165) is 23.5 Å². The van der Waals surface area contributed by atoms with Crippen molar-refractivity contribution in [2.45, 2.75) is 52.4 Å². The molecule has 0 bridgehead atoms. The number of nitrogens with zero attached hydrogens (tertiary/aromatic N) is 1. The summed E-state index contributed by atoms with van der Waals surface area (Å²) in [6, 6.07) is 8.52. The number of benzene rings is 1. The molecule has 0 aliphatic heterocycles. The van der Waals surface area contributed by atoms with Gasteiger partial charge in [0.15, 0.2) is 0 Å². The highest BCUT2D eigenvalue weighted by Crippen LogP contribution is 2.25. The van der Waals surface area contributed by atoms with Crippen LogP contribution in [0.2, 0.25) is 0 Å². The first-order valence-corrected chi connectivity index (χ1v) is 8.44. The minimum absolute atomic E-state index is 0.143. The Balaban J connectivity index is 2.20. The van der Waals surface area contributed by atoms with Gasteiger partial charge in [0, 0.05) is 6.42 Å². The molecular formula is C18H23NO2S. The van der Waals surface area contributed by atoms with E-state index in [1.807, 2.05) is 6.92 Å². The van der Waals surface area contributed by atoms with Crippen molar-refractivity contribution in [1.29, 1.82) is 0 Å². The number of aryl methyl sites for hydroxylation is 1. The van der Waals surface area contributed by atoms with Gasteiger partial charge < -0.3 is 5.11 Å². The maximum atomic E-state index is 11.3. The lowest BCUT2D eigenvalue weighted by atomic mass is 9.86. The van der Waals surface area contributed by atoms with Crippen molar-refractivity contribution in [3.8, 4) is 0 Å². The van der Waals surface area contributed by atoms with E-state index in [-0.39, 0.29) is 5.41 Å². The molecule has 0 aliphatic carbocycles. The predicted octanol–water partition coefficient (Wildman–Crippen LogP) is 4.68. The highest BCUT2D eigenvalue weighted by atomic mass is 32.1. The van der Waals surface area contributed by atoms with Crippen molar-refractivity contribution in [2.24, 2.45) is 0 Å². The maximum absolute atomic E-state index is 11.3. The maximum Gasteiger partial charge on any atom is 0.347 e. The molecule has 0 radical (unpaired) electrons. The highest BCUT2D eigenvalue weighted by Gasteiger charge is 2.17. The number of thiazole rings is 1. The Morgan fingerprint density at radius 3 is 2.36 bits per heavy atom. The summed E-state index contributed by atoms with van der Waals surface area (Å²) in [7, 11) is 0. The average Bonchev–Trinajstić information content (AvgIpc) is 2.82. The second kappa shape index (κ2) is 6.61. The molecule has 2 rings (SSSR count). The molecule has 0 amide bonds. The molecule has 0 atom stereocenters. The molecule has 22 heavy (non-hydrogen) atoms. The van der Waals surface area contributed by atoms with E-state index in [4.69, 9.17) is 0 Å². The SMILES string of the molecule is CCCc1nc(Cc2ccc(C(C)(C)C)cc2)sc1C(=O)O. The van der Waals surface area contributed by atoms with E-state index in [2.05, 4.69) is 50.0 Å².